The SMILES string of the molecule is Cc1cccc(-[n+]2ccc(-c3ccccc3)cc2-c2ccccc2)n1. The van der Waals surface area contributed by atoms with Crippen molar-refractivity contribution in [1.82, 2.24) is 4.98 Å². The van der Waals surface area contributed by atoms with Gasteiger partial charge in [-0.1, -0.05) is 60.7 Å². The molecule has 4 aromatic rings. The largest absolute Gasteiger partial charge is 0.328 e. The Morgan fingerprint density at radius 1 is 0.640 bits per heavy atom. The summed E-state index contributed by atoms with van der Waals surface area (Å²) in [4.78, 5) is 4.69. The van der Waals surface area contributed by atoms with Crippen LogP contribution in [0.4, 0.5) is 0 Å². The lowest BCUT2D eigenvalue weighted by atomic mass is 10.0. The van der Waals surface area contributed by atoms with Crippen molar-refractivity contribution in [2.24, 2.45) is 0 Å². The summed E-state index contributed by atoms with van der Waals surface area (Å²) >= 11 is 0. The van der Waals surface area contributed by atoms with Gasteiger partial charge in [0.2, 0.25) is 0 Å². The fraction of sp³-hybridized carbons (Fsp3) is 0.0435. The van der Waals surface area contributed by atoms with Gasteiger partial charge in [0, 0.05) is 18.6 Å². The van der Waals surface area contributed by atoms with Gasteiger partial charge in [-0.2, -0.15) is 4.57 Å². The number of rotatable bonds is 3. The first-order chi connectivity index (χ1) is 12.3. The van der Waals surface area contributed by atoms with Crippen molar-refractivity contribution >= 4 is 0 Å². The van der Waals surface area contributed by atoms with E-state index in [-0.39, 0.29) is 0 Å². The predicted molar refractivity (Wildman–Crippen MR) is 101 cm³/mol. The molecule has 0 fully saturated rings. The van der Waals surface area contributed by atoms with E-state index in [0.29, 0.717) is 0 Å². The van der Waals surface area contributed by atoms with Crippen LogP contribution in [0.2, 0.25) is 0 Å². The van der Waals surface area contributed by atoms with Crippen LogP contribution in [0.15, 0.2) is 97.2 Å². The van der Waals surface area contributed by atoms with Crippen molar-refractivity contribution in [2.75, 3.05) is 0 Å². The molecule has 0 saturated carbocycles. The molecule has 2 nitrogen and oxygen atoms in total. The van der Waals surface area contributed by atoms with Crippen LogP contribution in [-0.4, -0.2) is 4.98 Å². The summed E-state index contributed by atoms with van der Waals surface area (Å²) in [6.07, 6.45) is 2.10. The predicted octanol–water partition coefficient (Wildman–Crippen LogP) is 5.00. The smallest absolute Gasteiger partial charge is 0.196 e. The normalized spacial score (nSPS) is 10.6. The summed E-state index contributed by atoms with van der Waals surface area (Å²) in [5.74, 6) is 0.929. The van der Waals surface area contributed by atoms with Gasteiger partial charge >= 0.3 is 5.82 Å². The van der Waals surface area contributed by atoms with E-state index in [1.165, 1.54) is 16.7 Å². The zero-order valence-electron chi connectivity index (χ0n) is 14.1. The molecule has 0 amide bonds. The van der Waals surface area contributed by atoms with Crippen molar-refractivity contribution in [1.29, 1.82) is 0 Å². The topological polar surface area (TPSA) is 16.8 Å². The molecule has 0 bridgehead atoms. The number of pyridine rings is 2. The van der Waals surface area contributed by atoms with Gasteiger partial charge in [-0.3, -0.25) is 0 Å². The number of benzene rings is 2. The third-order valence-electron chi connectivity index (χ3n) is 4.25. The van der Waals surface area contributed by atoms with Crippen LogP contribution in [0.25, 0.3) is 28.2 Å². The molecule has 25 heavy (non-hydrogen) atoms. The Hall–Kier alpha value is -3.26. The number of aromatic nitrogens is 2. The van der Waals surface area contributed by atoms with Crippen molar-refractivity contribution in [3.63, 3.8) is 0 Å². The number of hydrogen-bond acceptors (Lipinski definition) is 1. The van der Waals surface area contributed by atoms with E-state index in [4.69, 9.17) is 4.98 Å². The highest BCUT2D eigenvalue weighted by Crippen LogP contribution is 2.24. The van der Waals surface area contributed by atoms with Gasteiger partial charge in [-0.05, 0) is 40.4 Å². The minimum Gasteiger partial charge on any atom is -0.196 e. The van der Waals surface area contributed by atoms with Gasteiger partial charge in [-0.25, -0.2) is 0 Å². The first-order valence-electron chi connectivity index (χ1n) is 8.42. The maximum Gasteiger partial charge on any atom is 0.328 e. The van der Waals surface area contributed by atoms with Gasteiger partial charge < -0.3 is 0 Å². The summed E-state index contributed by atoms with van der Waals surface area (Å²) in [5.41, 5.74) is 5.71. The van der Waals surface area contributed by atoms with Crippen molar-refractivity contribution in [3.05, 3.63) is 103 Å². The fourth-order valence-corrected chi connectivity index (χ4v) is 3.00. The molecule has 2 aromatic carbocycles. The zero-order valence-corrected chi connectivity index (χ0v) is 14.1. The van der Waals surface area contributed by atoms with Crippen LogP contribution < -0.4 is 4.57 Å². The van der Waals surface area contributed by atoms with Crippen LogP contribution >= 0.6 is 0 Å². The molecule has 4 rings (SSSR count). The second kappa shape index (κ2) is 6.70. The molecule has 0 unspecified atom stereocenters. The van der Waals surface area contributed by atoms with Gasteiger partial charge in [0.25, 0.3) is 0 Å². The Labute approximate surface area is 148 Å². The third kappa shape index (κ3) is 3.20. The Kier molecular flexibility index (Phi) is 4.09. The molecule has 0 spiro atoms. The molecule has 0 aliphatic carbocycles. The second-order valence-electron chi connectivity index (χ2n) is 6.04. The molecule has 0 aliphatic rings. The van der Waals surface area contributed by atoms with Crippen LogP contribution in [0, 0.1) is 6.92 Å². The summed E-state index contributed by atoms with van der Waals surface area (Å²) in [5, 5.41) is 0. The monoisotopic (exact) mass is 323 g/mol. The summed E-state index contributed by atoms with van der Waals surface area (Å²) in [6.45, 7) is 2.02. The lowest BCUT2D eigenvalue weighted by Gasteiger charge is -2.09. The van der Waals surface area contributed by atoms with Gasteiger partial charge in [0.15, 0.2) is 0 Å². The van der Waals surface area contributed by atoms with E-state index in [1.54, 1.807) is 0 Å². The average molecular weight is 323 g/mol. The van der Waals surface area contributed by atoms with Crippen molar-refractivity contribution < 1.29 is 4.57 Å². The highest BCUT2D eigenvalue weighted by atomic mass is 15.1. The van der Waals surface area contributed by atoms with Crippen LogP contribution in [0.3, 0.4) is 0 Å². The summed E-state index contributed by atoms with van der Waals surface area (Å²) < 4.78 is 2.15. The Bertz CT molecular complexity index is 993. The molecule has 120 valence electrons. The minimum absolute atomic E-state index is 0.929. The van der Waals surface area contributed by atoms with Crippen LogP contribution in [-0.2, 0) is 0 Å². The first-order valence-corrected chi connectivity index (χ1v) is 8.42. The number of hydrogen-bond donors (Lipinski definition) is 0. The molecule has 2 aromatic heterocycles. The summed E-state index contributed by atoms with van der Waals surface area (Å²) in [7, 11) is 0. The molecule has 2 heterocycles. The molecule has 0 N–H and O–H groups in total. The molecule has 0 atom stereocenters. The molecule has 2 heteroatoms. The Balaban J connectivity index is 1.93. The zero-order chi connectivity index (χ0) is 17.1. The highest BCUT2D eigenvalue weighted by Gasteiger charge is 2.16. The molecule has 0 radical (unpaired) electrons. The van der Waals surface area contributed by atoms with E-state index in [0.717, 1.165) is 17.2 Å². The highest BCUT2D eigenvalue weighted by molar-refractivity contribution is 5.68. The van der Waals surface area contributed by atoms with Gasteiger partial charge in [0.05, 0.1) is 6.20 Å². The van der Waals surface area contributed by atoms with Gasteiger partial charge in [-0.15, -0.1) is 0 Å². The van der Waals surface area contributed by atoms with E-state index in [1.807, 2.05) is 37.3 Å². The van der Waals surface area contributed by atoms with E-state index in [9.17, 15) is 0 Å². The molecule has 0 aliphatic heterocycles. The molecular formula is C23H19N2+. The Morgan fingerprint density at radius 3 is 2.00 bits per heavy atom. The average Bonchev–Trinajstić information content (AvgIpc) is 2.69. The second-order valence-corrected chi connectivity index (χ2v) is 6.04. The number of aryl methyl sites for hydroxylation is 1. The van der Waals surface area contributed by atoms with E-state index in [2.05, 4.69) is 71.4 Å². The lowest BCUT2D eigenvalue weighted by molar-refractivity contribution is -0.587. The standard InChI is InChI=1S/C23H19N2/c1-18-9-8-14-23(24-18)25-16-15-21(19-10-4-2-5-11-19)17-22(25)20-12-6-3-7-13-20/h2-17H,1H3/q+1. The van der Waals surface area contributed by atoms with E-state index < -0.39 is 0 Å². The van der Waals surface area contributed by atoms with Crippen LogP contribution in [0.5, 0.6) is 0 Å². The van der Waals surface area contributed by atoms with E-state index >= 15 is 0 Å². The van der Waals surface area contributed by atoms with Crippen molar-refractivity contribution in [3.8, 4) is 28.2 Å². The quantitative estimate of drug-likeness (QED) is 0.485. The first kappa shape index (κ1) is 15.3. The summed E-state index contributed by atoms with van der Waals surface area (Å²) in [6, 6.07) is 31.4. The third-order valence-corrected chi connectivity index (χ3v) is 4.25. The minimum atomic E-state index is 0.929. The fourth-order valence-electron chi connectivity index (χ4n) is 3.00. The maximum absolute atomic E-state index is 4.69. The molecule has 0 saturated heterocycles. The van der Waals surface area contributed by atoms with Crippen LogP contribution in [0.1, 0.15) is 5.69 Å². The number of nitrogens with zero attached hydrogens (tertiary/aromatic N) is 2. The Morgan fingerprint density at radius 2 is 1.32 bits per heavy atom. The van der Waals surface area contributed by atoms with Gasteiger partial charge in [0.1, 0.15) is 11.4 Å². The lowest BCUT2D eigenvalue weighted by Crippen LogP contribution is -2.34. The maximum atomic E-state index is 4.69. The van der Waals surface area contributed by atoms with Crippen molar-refractivity contribution in [2.45, 2.75) is 6.92 Å². The molecular weight excluding hydrogens is 304 g/mol.